The molecule has 40 heavy (non-hydrogen) atoms. The van der Waals surface area contributed by atoms with Crippen molar-refractivity contribution in [3.05, 3.63) is 98.4 Å². The largest absolute Gasteiger partial charge is 0.355 e. The smallest absolute Gasteiger partial charge is 0.243 e. The lowest BCUT2D eigenvalue weighted by Gasteiger charge is -2.32. The molecule has 3 rings (SSSR count). The molecule has 0 bridgehead atoms. The Hall–Kier alpha value is -2.59. The first-order valence-electron chi connectivity index (χ1n) is 12.8. The van der Waals surface area contributed by atoms with Crippen molar-refractivity contribution >= 4 is 66.7 Å². The summed E-state index contributed by atoms with van der Waals surface area (Å²) in [5.74, 6) is -0.513. The van der Waals surface area contributed by atoms with E-state index >= 15 is 0 Å². The zero-order valence-electron chi connectivity index (χ0n) is 22.3. The Labute approximate surface area is 254 Å². The van der Waals surface area contributed by atoms with Crippen molar-refractivity contribution in [3.63, 3.8) is 0 Å². The van der Waals surface area contributed by atoms with Gasteiger partial charge in [0.15, 0.2) is 0 Å². The zero-order valence-corrected chi connectivity index (χ0v) is 26.2. The predicted molar refractivity (Wildman–Crippen MR) is 165 cm³/mol. The van der Waals surface area contributed by atoms with E-state index in [-0.39, 0.29) is 48.5 Å². The molecule has 0 radical (unpaired) electrons. The van der Waals surface area contributed by atoms with Crippen molar-refractivity contribution in [1.82, 2.24) is 10.2 Å². The van der Waals surface area contributed by atoms with Gasteiger partial charge in [-0.15, -0.1) is 0 Å². The minimum atomic E-state index is -3.71. The van der Waals surface area contributed by atoms with Gasteiger partial charge >= 0.3 is 0 Å². The highest BCUT2D eigenvalue weighted by molar-refractivity contribution is 9.10. The van der Waals surface area contributed by atoms with E-state index in [2.05, 4.69) is 21.2 Å². The first-order chi connectivity index (χ1) is 19.0. The summed E-state index contributed by atoms with van der Waals surface area (Å²) in [4.78, 5) is 28.6. The second-order valence-electron chi connectivity index (χ2n) is 9.28. The summed E-state index contributed by atoms with van der Waals surface area (Å²) in [5.41, 5.74) is 2.04. The van der Waals surface area contributed by atoms with Crippen LogP contribution < -0.4 is 9.62 Å². The topological polar surface area (TPSA) is 86.8 Å². The second-order valence-corrected chi connectivity index (χ2v) is 12.9. The molecule has 0 aliphatic heterocycles. The van der Waals surface area contributed by atoms with Crippen LogP contribution in [0.3, 0.4) is 0 Å². The van der Waals surface area contributed by atoms with Gasteiger partial charge in [-0.1, -0.05) is 81.6 Å². The summed E-state index contributed by atoms with van der Waals surface area (Å²) in [7, 11) is -3.71. The summed E-state index contributed by atoms with van der Waals surface area (Å²) in [6.07, 6.45) is 1.64. The number of hydrogen-bond donors (Lipinski definition) is 1. The molecule has 0 spiro atoms. The third-order valence-corrected chi connectivity index (χ3v) is 8.48. The molecule has 1 N–H and O–H groups in total. The predicted octanol–water partition coefficient (Wildman–Crippen LogP) is 6.08. The molecule has 0 fully saturated rings. The summed E-state index contributed by atoms with van der Waals surface area (Å²) in [5, 5.41) is 3.44. The van der Waals surface area contributed by atoms with Gasteiger partial charge in [-0.3, -0.25) is 13.9 Å². The normalized spacial score (nSPS) is 12.0. The van der Waals surface area contributed by atoms with Crippen LogP contribution in [0.15, 0.2) is 77.3 Å². The fraction of sp³-hybridized carbons (Fsp3) is 0.310. The zero-order chi connectivity index (χ0) is 29.3. The molecule has 0 aliphatic carbocycles. The maximum Gasteiger partial charge on any atom is 0.243 e. The van der Waals surface area contributed by atoms with Crippen molar-refractivity contribution in [2.24, 2.45) is 0 Å². The molecule has 0 saturated carbocycles. The van der Waals surface area contributed by atoms with Gasteiger partial charge in [-0.25, -0.2) is 8.42 Å². The van der Waals surface area contributed by atoms with E-state index in [0.717, 1.165) is 26.2 Å². The van der Waals surface area contributed by atoms with Gasteiger partial charge < -0.3 is 10.2 Å². The Bertz CT molecular complexity index is 1410. The molecular weight excluding hydrogens is 637 g/mol. The standard InChI is InChI=1S/C29H32BrCl2N3O4S/c1-3-33-29(37)27(18-21-8-5-4-6-9-21)34(20-22-11-13-23(30)14-12-22)28(36)10-7-17-35(40(2,38)39)26-19-24(31)15-16-25(26)32/h4-6,8-9,11-16,19,27H,3,7,10,17-18,20H2,1-2H3,(H,33,37). The van der Waals surface area contributed by atoms with E-state index in [4.69, 9.17) is 23.2 Å². The van der Waals surface area contributed by atoms with Gasteiger partial charge in [0, 0.05) is 42.0 Å². The SMILES string of the molecule is CCNC(=O)C(Cc1ccccc1)N(Cc1ccc(Br)cc1)C(=O)CCCN(c1cc(Cl)ccc1Cl)S(C)(=O)=O. The number of halogens is 3. The third kappa shape index (κ3) is 9.23. The van der Waals surface area contributed by atoms with Crippen LogP contribution in [0.5, 0.6) is 0 Å². The summed E-state index contributed by atoms with van der Waals surface area (Å²) >= 11 is 15.8. The van der Waals surface area contributed by atoms with E-state index in [9.17, 15) is 18.0 Å². The Morgan fingerprint density at radius 3 is 2.27 bits per heavy atom. The second kappa shape index (κ2) is 14.9. The highest BCUT2D eigenvalue weighted by Crippen LogP contribution is 2.31. The van der Waals surface area contributed by atoms with E-state index in [1.54, 1.807) is 11.0 Å². The number of carbonyl (C=O) groups excluding carboxylic acids is 2. The van der Waals surface area contributed by atoms with E-state index in [0.29, 0.717) is 18.0 Å². The number of anilines is 1. The average Bonchev–Trinajstić information content (AvgIpc) is 2.91. The lowest BCUT2D eigenvalue weighted by molar-refractivity contribution is -0.141. The molecule has 11 heteroatoms. The summed E-state index contributed by atoms with van der Waals surface area (Å²) in [6.45, 7) is 2.49. The van der Waals surface area contributed by atoms with E-state index in [1.165, 1.54) is 12.1 Å². The van der Waals surface area contributed by atoms with E-state index in [1.807, 2.05) is 61.5 Å². The molecule has 0 heterocycles. The van der Waals surface area contributed by atoms with Crippen molar-refractivity contribution < 1.29 is 18.0 Å². The van der Waals surface area contributed by atoms with Crippen LogP contribution in [-0.2, 0) is 32.6 Å². The lowest BCUT2D eigenvalue weighted by Crippen LogP contribution is -2.50. The quantitative estimate of drug-likeness (QED) is 0.239. The number of benzene rings is 3. The van der Waals surface area contributed by atoms with Crippen LogP contribution in [0.1, 0.15) is 30.9 Å². The molecule has 0 aliphatic rings. The number of hydrogen-bond acceptors (Lipinski definition) is 4. The number of carbonyl (C=O) groups is 2. The van der Waals surface area contributed by atoms with Crippen LogP contribution in [-0.4, -0.2) is 50.5 Å². The van der Waals surface area contributed by atoms with Crippen LogP contribution >= 0.6 is 39.1 Å². The molecule has 1 atom stereocenters. The van der Waals surface area contributed by atoms with Gasteiger partial charge in [-0.05, 0) is 54.8 Å². The molecule has 1 unspecified atom stereocenters. The van der Waals surface area contributed by atoms with Crippen LogP contribution in [0, 0.1) is 0 Å². The molecule has 214 valence electrons. The highest BCUT2D eigenvalue weighted by Gasteiger charge is 2.30. The van der Waals surface area contributed by atoms with Crippen LogP contribution in [0.4, 0.5) is 5.69 Å². The maximum atomic E-state index is 13.8. The number of likely N-dealkylation sites (N-methyl/N-ethyl adjacent to an activating group) is 1. The number of nitrogens with one attached hydrogen (secondary N) is 1. The highest BCUT2D eigenvalue weighted by atomic mass is 79.9. The molecule has 0 saturated heterocycles. The number of rotatable bonds is 13. The Balaban J connectivity index is 1.87. The minimum absolute atomic E-state index is 0.0151. The van der Waals surface area contributed by atoms with Crippen molar-refractivity contribution in [2.75, 3.05) is 23.7 Å². The van der Waals surface area contributed by atoms with Gasteiger partial charge in [0.2, 0.25) is 21.8 Å². The fourth-order valence-corrected chi connectivity index (χ4v) is 5.96. The lowest BCUT2D eigenvalue weighted by atomic mass is 10.0. The number of sulfonamides is 1. The maximum absolute atomic E-state index is 13.8. The van der Waals surface area contributed by atoms with Gasteiger partial charge in [0.05, 0.1) is 17.0 Å². The number of nitrogens with zero attached hydrogens (tertiary/aromatic N) is 2. The van der Waals surface area contributed by atoms with Gasteiger partial charge in [0.1, 0.15) is 6.04 Å². The van der Waals surface area contributed by atoms with Crippen molar-refractivity contribution in [3.8, 4) is 0 Å². The Morgan fingerprint density at radius 1 is 0.975 bits per heavy atom. The number of amides is 2. The van der Waals surface area contributed by atoms with Crippen molar-refractivity contribution in [2.45, 2.75) is 38.8 Å². The Morgan fingerprint density at radius 2 is 1.65 bits per heavy atom. The van der Waals surface area contributed by atoms with Crippen LogP contribution in [0.2, 0.25) is 10.0 Å². The monoisotopic (exact) mass is 667 g/mol. The van der Waals surface area contributed by atoms with E-state index < -0.39 is 16.1 Å². The van der Waals surface area contributed by atoms with Crippen molar-refractivity contribution in [1.29, 1.82) is 0 Å². The van der Waals surface area contributed by atoms with Crippen LogP contribution in [0.25, 0.3) is 0 Å². The average molecular weight is 669 g/mol. The first-order valence-corrected chi connectivity index (χ1v) is 16.2. The first kappa shape index (κ1) is 31.9. The molecule has 7 nitrogen and oxygen atoms in total. The molecule has 3 aromatic carbocycles. The summed E-state index contributed by atoms with van der Waals surface area (Å²) < 4.78 is 27.3. The third-order valence-electron chi connectivity index (χ3n) is 6.22. The molecule has 2 amide bonds. The van der Waals surface area contributed by atoms with Gasteiger partial charge in [-0.2, -0.15) is 0 Å². The summed E-state index contributed by atoms with van der Waals surface area (Å²) in [6, 6.07) is 20.9. The Kier molecular flexibility index (Phi) is 11.9. The molecule has 3 aromatic rings. The fourth-order valence-electron chi connectivity index (χ4n) is 4.29. The molecule has 0 aromatic heterocycles. The van der Waals surface area contributed by atoms with Gasteiger partial charge in [0.25, 0.3) is 0 Å². The minimum Gasteiger partial charge on any atom is -0.355 e. The molecular formula is C29H32BrCl2N3O4S.